The maximum atomic E-state index is 6.13. The molecular formula is C15H19ClN2S. The van der Waals surface area contributed by atoms with Crippen LogP contribution in [-0.4, -0.2) is 6.04 Å². The summed E-state index contributed by atoms with van der Waals surface area (Å²) in [5.74, 6) is 5.67. The summed E-state index contributed by atoms with van der Waals surface area (Å²) in [5.41, 5.74) is 6.85. The lowest BCUT2D eigenvalue weighted by Gasteiger charge is -2.16. The first-order valence-corrected chi connectivity index (χ1v) is 7.60. The highest BCUT2D eigenvalue weighted by Crippen LogP contribution is 2.24. The van der Waals surface area contributed by atoms with Gasteiger partial charge in [0.15, 0.2) is 0 Å². The molecule has 0 spiro atoms. The average Bonchev–Trinajstić information content (AvgIpc) is 2.78. The van der Waals surface area contributed by atoms with E-state index in [-0.39, 0.29) is 6.04 Å². The average molecular weight is 295 g/mol. The molecule has 0 aliphatic carbocycles. The van der Waals surface area contributed by atoms with Crippen LogP contribution in [0.1, 0.15) is 21.6 Å². The molecule has 0 saturated heterocycles. The molecule has 102 valence electrons. The van der Waals surface area contributed by atoms with Gasteiger partial charge in [-0.25, -0.2) is 0 Å². The van der Waals surface area contributed by atoms with Crippen molar-refractivity contribution in [1.82, 2.24) is 5.43 Å². The fraction of sp³-hybridized carbons (Fsp3) is 0.333. The second-order valence-corrected chi connectivity index (χ2v) is 6.29. The lowest BCUT2D eigenvalue weighted by atomic mass is 9.99. The molecule has 0 amide bonds. The Morgan fingerprint density at radius 3 is 2.58 bits per heavy atom. The first-order valence-electron chi connectivity index (χ1n) is 6.34. The Bertz CT molecular complexity index is 551. The van der Waals surface area contributed by atoms with Crippen LogP contribution in [0.4, 0.5) is 0 Å². The molecule has 0 saturated carbocycles. The van der Waals surface area contributed by atoms with Crippen LogP contribution in [0.2, 0.25) is 5.02 Å². The number of benzene rings is 1. The molecule has 1 atom stereocenters. The number of aryl methyl sites for hydroxylation is 2. The summed E-state index contributed by atoms with van der Waals surface area (Å²) in [5, 5.41) is 2.85. The van der Waals surface area contributed by atoms with Crippen LogP contribution in [0, 0.1) is 13.8 Å². The lowest BCUT2D eigenvalue weighted by Crippen LogP contribution is -2.38. The van der Waals surface area contributed by atoms with Gasteiger partial charge in [0.05, 0.1) is 5.02 Å². The second-order valence-electron chi connectivity index (χ2n) is 4.88. The molecule has 19 heavy (non-hydrogen) atoms. The van der Waals surface area contributed by atoms with E-state index < -0.39 is 0 Å². The van der Waals surface area contributed by atoms with Gasteiger partial charge in [-0.15, -0.1) is 11.3 Å². The maximum absolute atomic E-state index is 6.13. The maximum Gasteiger partial charge on any atom is 0.0545 e. The molecule has 1 aromatic heterocycles. The van der Waals surface area contributed by atoms with Crippen molar-refractivity contribution in [2.24, 2.45) is 5.84 Å². The fourth-order valence-electron chi connectivity index (χ4n) is 2.10. The number of rotatable bonds is 5. The first-order chi connectivity index (χ1) is 9.10. The van der Waals surface area contributed by atoms with Crippen LogP contribution in [0.5, 0.6) is 0 Å². The zero-order valence-electron chi connectivity index (χ0n) is 11.2. The molecule has 2 rings (SSSR count). The first kappa shape index (κ1) is 14.5. The van der Waals surface area contributed by atoms with Gasteiger partial charge in [-0.1, -0.05) is 29.8 Å². The van der Waals surface area contributed by atoms with Crippen molar-refractivity contribution in [2.45, 2.75) is 32.7 Å². The zero-order valence-corrected chi connectivity index (χ0v) is 12.8. The van der Waals surface area contributed by atoms with E-state index in [4.69, 9.17) is 17.4 Å². The molecule has 1 heterocycles. The topological polar surface area (TPSA) is 38.0 Å². The van der Waals surface area contributed by atoms with Gasteiger partial charge in [-0.05, 0) is 48.4 Å². The minimum Gasteiger partial charge on any atom is -0.271 e. The van der Waals surface area contributed by atoms with Crippen molar-refractivity contribution in [1.29, 1.82) is 0 Å². The molecule has 0 aliphatic heterocycles. The van der Waals surface area contributed by atoms with E-state index >= 15 is 0 Å². The number of thiophene rings is 1. The van der Waals surface area contributed by atoms with Gasteiger partial charge in [0.1, 0.15) is 0 Å². The van der Waals surface area contributed by atoms with E-state index in [1.165, 1.54) is 21.6 Å². The standard InChI is InChI=1S/C15H19ClN2S/c1-10-3-4-12(7-11(10)2)8-13(18-17)9-15-14(16)5-6-19-15/h3-7,13,18H,8-9,17H2,1-2H3. The van der Waals surface area contributed by atoms with E-state index in [1.807, 2.05) is 11.4 Å². The molecule has 0 bridgehead atoms. The van der Waals surface area contributed by atoms with Crippen LogP contribution >= 0.6 is 22.9 Å². The van der Waals surface area contributed by atoms with Gasteiger partial charge in [-0.3, -0.25) is 11.3 Å². The summed E-state index contributed by atoms with van der Waals surface area (Å²) in [6, 6.07) is 8.71. The van der Waals surface area contributed by atoms with Crippen LogP contribution < -0.4 is 11.3 Å². The highest BCUT2D eigenvalue weighted by Gasteiger charge is 2.12. The van der Waals surface area contributed by atoms with Gasteiger partial charge in [0.25, 0.3) is 0 Å². The van der Waals surface area contributed by atoms with Gasteiger partial charge < -0.3 is 0 Å². The van der Waals surface area contributed by atoms with Crippen molar-refractivity contribution >= 4 is 22.9 Å². The Morgan fingerprint density at radius 2 is 2.00 bits per heavy atom. The van der Waals surface area contributed by atoms with E-state index in [9.17, 15) is 0 Å². The van der Waals surface area contributed by atoms with Crippen molar-refractivity contribution in [3.63, 3.8) is 0 Å². The van der Waals surface area contributed by atoms with E-state index in [0.717, 1.165) is 17.9 Å². The largest absolute Gasteiger partial charge is 0.271 e. The Hall–Kier alpha value is -0.870. The van der Waals surface area contributed by atoms with Gasteiger partial charge in [0.2, 0.25) is 0 Å². The van der Waals surface area contributed by atoms with Crippen LogP contribution in [0.15, 0.2) is 29.6 Å². The third-order valence-electron chi connectivity index (χ3n) is 3.41. The highest BCUT2D eigenvalue weighted by molar-refractivity contribution is 7.10. The summed E-state index contributed by atoms with van der Waals surface area (Å²) < 4.78 is 0. The van der Waals surface area contributed by atoms with Crippen molar-refractivity contribution < 1.29 is 0 Å². The zero-order chi connectivity index (χ0) is 13.8. The van der Waals surface area contributed by atoms with Crippen LogP contribution in [0.25, 0.3) is 0 Å². The number of nitrogens with one attached hydrogen (secondary N) is 1. The predicted octanol–water partition coefficient (Wildman–Crippen LogP) is 3.64. The second kappa shape index (κ2) is 6.53. The summed E-state index contributed by atoms with van der Waals surface area (Å²) in [6.45, 7) is 4.27. The smallest absolute Gasteiger partial charge is 0.0545 e. The Balaban J connectivity index is 2.06. The molecular weight excluding hydrogens is 276 g/mol. The number of hydrogen-bond acceptors (Lipinski definition) is 3. The van der Waals surface area contributed by atoms with E-state index in [0.29, 0.717) is 0 Å². The molecule has 2 aromatic rings. The van der Waals surface area contributed by atoms with E-state index in [2.05, 4.69) is 37.5 Å². The predicted molar refractivity (Wildman–Crippen MR) is 83.8 cm³/mol. The molecule has 0 radical (unpaired) electrons. The molecule has 0 fully saturated rings. The molecule has 3 N–H and O–H groups in total. The quantitative estimate of drug-likeness (QED) is 0.653. The minimum absolute atomic E-state index is 0.207. The summed E-state index contributed by atoms with van der Waals surface area (Å²) >= 11 is 7.81. The lowest BCUT2D eigenvalue weighted by molar-refractivity contribution is 0.525. The summed E-state index contributed by atoms with van der Waals surface area (Å²) in [4.78, 5) is 1.19. The monoisotopic (exact) mass is 294 g/mol. The number of hydrazine groups is 1. The third kappa shape index (κ3) is 3.80. The Labute approximate surface area is 123 Å². The number of nitrogens with two attached hydrogens (primary N) is 1. The van der Waals surface area contributed by atoms with Crippen LogP contribution in [0.3, 0.4) is 0 Å². The van der Waals surface area contributed by atoms with Gasteiger partial charge in [0, 0.05) is 17.3 Å². The third-order valence-corrected chi connectivity index (χ3v) is 4.82. The number of hydrogen-bond donors (Lipinski definition) is 2. The van der Waals surface area contributed by atoms with Gasteiger partial charge in [-0.2, -0.15) is 0 Å². The highest BCUT2D eigenvalue weighted by atomic mass is 35.5. The summed E-state index contributed by atoms with van der Waals surface area (Å²) in [6.07, 6.45) is 1.77. The van der Waals surface area contributed by atoms with E-state index in [1.54, 1.807) is 11.3 Å². The molecule has 1 aromatic carbocycles. The molecule has 2 nitrogen and oxygen atoms in total. The van der Waals surface area contributed by atoms with Crippen molar-refractivity contribution in [3.8, 4) is 0 Å². The van der Waals surface area contributed by atoms with Gasteiger partial charge >= 0.3 is 0 Å². The van der Waals surface area contributed by atoms with Crippen LogP contribution in [-0.2, 0) is 12.8 Å². The molecule has 4 heteroatoms. The van der Waals surface area contributed by atoms with Crippen molar-refractivity contribution in [3.05, 3.63) is 56.2 Å². The Morgan fingerprint density at radius 1 is 1.21 bits per heavy atom. The molecule has 0 aliphatic rings. The summed E-state index contributed by atoms with van der Waals surface area (Å²) in [7, 11) is 0. The fourth-order valence-corrected chi connectivity index (χ4v) is 3.29. The Kier molecular flexibility index (Phi) is 4.99. The van der Waals surface area contributed by atoms with Crippen molar-refractivity contribution in [2.75, 3.05) is 0 Å². The normalized spacial score (nSPS) is 12.6. The SMILES string of the molecule is Cc1ccc(CC(Cc2sccc2Cl)NN)cc1C. The minimum atomic E-state index is 0.207. The number of halogens is 1. The molecule has 1 unspecified atom stereocenters.